The number of nitrogens with zero attached hydrogens (tertiary/aromatic N) is 4. The molecule has 6 nitrogen and oxygen atoms in total. The number of nitrogens with one attached hydrogen (secondary N) is 1. The van der Waals surface area contributed by atoms with Gasteiger partial charge < -0.3 is 5.32 Å². The molecule has 2 aromatic heterocycles. The summed E-state index contributed by atoms with van der Waals surface area (Å²) in [5.74, 6) is 0.629. The van der Waals surface area contributed by atoms with Gasteiger partial charge in [-0.25, -0.2) is 4.98 Å². The molecule has 0 aliphatic carbocycles. The van der Waals surface area contributed by atoms with Gasteiger partial charge in [-0.2, -0.15) is 0 Å². The van der Waals surface area contributed by atoms with Crippen molar-refractivity contribution < 1.29 is 4.79 Å². The highest BCUT2D eigenvalue weighted by molar-refractivity contribution is 8.00. The van der Waals surface area contributed by atoms with Crippen LogP contribution in [0.4, 0.5) is 16.0 Å². The first kappa shape index (κ1) is 20.5. The molecule has 1 amide bonds. The van der Waals surface area contributed by atoms with Crippen LogP contribution in [0.1, 0.15) is 25.1 Å². The molecular formula is C19H21N5OS3. The molecule has 2 heterocycles. The summed E-state index contributed by atoms with van der Waals surface area (Å²) in [7, 11) is 0. The van der Waals surface area contributed by atoms with Crippen molar-refractivity contribution in [2.45, 2.75) is 30.4 Å². The number of anilines is 3. The lowest BCUT2D eigenvalue weighted by Gasteiger charge is -2.20. The van der Waals surface area contributed by atoms with Crippen LogP contribution in [-0.4, -0.2) is 27.6 Å². The van der Waals surface area contributed by atoms with E-state index in [-0.39, 0.29) is 5.91 Å². The molecule has 0 atom stereocenters. The molecule has 0 unspecified atom stereocenters. The van der Waals surface area contributed by atoms with Crippen molar-refractivity contribution in [2.24, 2.45) is 0 Å². The highest BCUT2D eigenvalue weighted by Gasteiger charge is 2.20. The minimum Gasteiger partial charge on any atom is -0.357 e. The van der Waals surface area contributed by atoms with Gasteiger partial charge in [-0.3, -0.25) is 9.69 Å². The highest BCUT2D eigenvalue weighted by Crippen LogP contribution is 2.34. The zero-order chi connectivity index (χ0) is 19.9. The van der Waals surface area contributed by atoms with E-state index in [1.165, 1.54) is 22.7 Å². The summed E-state index contributed by atoms with van der Waals surface area (Å²) in [6, 6.07) is 7.95. The Morgan fingerprint density at radius 3 is 2.93 bits per heavy atom. The molecule has 3 rings (SSSR count). The van der Waals surface area contributed by atoms with Crippen LogP contribution in [0.5, 0.6) is 0 Å². The molecule has 0 bridgehead atoms. The van der Waals surface area contributed by atoms with Gasteiger partial charge in [0.1, 0.15) is 0 Å². The van der Waals surface area contributed by atoms with Crippen molar-refractivity contribution in [1.29, 1.82) is 0 Å². The molecule has 28 heavy (non-hydrogen) atoms. The average Bonchev–Trinajstić information content (AvgIpc) is 3.34. The van der Waals surface area contributed by atoms with Crippen LogP contribution in [0, 0.1) is 0 Å². The predicted molar refractivity (Wildman–Crippen MR) is 119 cm³/mol. The second-order valence-electron chi connectivity index (χ2n) is 5.79. The number of aromatic nitrogens is 3. The van der Waals surface area contributed by atoms with Crippen LogP contribution < -0.4 is 10.2 Å². The Balaban J connectivity index is 1.72. The second kappa shape index (κ2) is 9.81. The van der Waals surface area contributed by atoms with E-state index >= 15 is 0 Å². The lowest BCUT2D eigenvalue weighted by atomic mass is 10.1. The molecule has 9 heteroatoms. The lowest BCUT2D eigenvalue weighted by Crippen LogP contribution is -2.23. The Bertz CT molecular complexity index is 952. The quantitative estimate of drug-likeness (QED) is 0.374. The van der Waals surface area contributed by atoms with Crippen molar-refractivity contribution >= 4 is 56.3 Å². The highest BCUT2D eigenvalue weighted by atomic mass is 32.2. The van der Waals surface area contributed by atoms with E-state index in [1.807, 2.05) is 29.6 Å². The Kier molecular flexibility index (Phi) is 7.18. The molecule has 3 aromatic rings. The van der Waals surface area contributed by atoms with E-state index in [1.54, 1.807) is 29.7 Å². The number of para-hydroxylation sites is 1. The molecule has 0 saturated heterocycles. The Labute approximate surface area is 176 Å². The van der Waals surface area contributed by atoms with Gasteiger partial charge in [-0.05, 0) is 18.1 Å². The molecule has 1 aromatic carbocycles. The number of aryl methyl sites for hydroxylation is 1. The summed E-state index contributed by atoms with van der Waals surface area (Å²) >= 11 is 4.57. The van der Waals surface area contributed by atoms with Gasteiger partial charge >= 0.3 is 0 Å². The smallest absolute Gasteiger partial charge is 0.230 e. The molecule has 0 aliphatic heterocycles. The monoisotopic (exact) mass is 431 g/mol. The van der Waals surface area contributed by atoms with Crippen LogP contribution in [0.15, 0.2) is 46.6 Å². The Morgan fingerprint density at radius 2 is 2.18 bits per heavy atom. The minimum atomic E-state index is -0.0449. The van der Waals surface area contributed by atoms with Gasteiger partial charge in [0.25, 0.3) is 0 Å². The minimum absolute atomic E-state index is 0.0449. The summed E-state index contributed by atoms with van der Waals surface area (Å²) in [6.07, 6.45) is 2.63. The van der Waals surface area contributed by atoms with E-state index in [4.69, 9.17) is 0 Å². The third-order valence-corrected chi connectivity index (χ3v) is 6.73. The van der Waals surface area contributed by atoms with Gasteiger partial charge in [-0.1, -0.05) is 54.3 Å². The van der Waals surface area contributed by atoms with Gasteiger partial charge in [0.15, 0.2) is 9.47 Å². The summed E-state index contributed by atoms with van der Waals surface area (Å²) in [6.45, 7) is 7.99. The number of carbonyl (C=O) groups excluding carboxylic acids is 1. The maximum Gasteiger partial charge on any atom is 0.230 e. The van der Waals surface area contributed by atoms with E-state index in [9.17, 15) is 4.79 Å². The van der Waals surface area contributed by atoms with Crippen molar-refractivity contribution in [3.05, 3.63) is 53.6 Å². The summed E-state index contributed by atoms with van der Waals surface area (Å²) in [5, 5.41) is 14.9. The molecule has 0 radical (unpaired) electrons. The number of hydrogen-bond acceptors (Lipinski definition) is 8. The number of benzene rings is 1. The van der Waals surface area contributed by atoms with E-state index in [2.05, 4.69) is 34.0 Å². The first-order valence-corrected chi connectivity index (χ1v) is 11.4. The van der Waals surface area contributed by atoms with Crippen LogP contribution >= 0.6 is 34.4 Å². The number of thioether (sulfide) groups is 1. The van der Waals surface area contributed by atoms with Crippen LogP contribution in [0.3, 0.4) is 0 Å². The van der Waals surface area contributed by atoms with Crippen LogP contribution in [-0.2, 0) is 17.0 Å². The van der Waals surface area contributed by atoms with Gasteiger partial charge in [-0.15, -0.1) is 28.1 Å². The van der Waals surface area contributed by atoms with Crippen molar-refractivity contribution in [3.8, 4) is 0 Å². The molecule has 0 aliphatic rings. The van der Waals surface area contributed by atoms with Crippen molar-refractivity contribution in [3.63, 3.8) is 0 Å². The predicted octanol–water partition coefficient (Wildman–Crippen LogP) is 5.13. The molecular weight excluding hydrogens is 410 g/mol. The van der Waals surface area contributed by atoms with E-state index < -0.39 is 0 Å². The molecule has 0 fully saturated rings. The Morgan fingerprint density at radius 1 is 1.36 bits per heavy atom. The third-order valence-electron chi connectivity index (χ3n) is 3.81. The first-order valence-electron chi connectivity index (χ1n) is 8.76. The van der Waals surface area contributed by atoms with Crippen LogP contribution in [0.25, 0.3) is 0 Å². The topological polar surface area (TPSA) is 71.0 Å². The summed E-state index contributed by atoms with van der Waals surface area (Å²) in [4.78, 5) is 18.7. The van der Waals surface area contributed by atoms with Gasteiger partial charge in [0.05, 0.1) is 11.4 Å². The number of carbonyl (C=O) groups is 1. The molecule has 1 N–H and O–H groups in total. The third kappa shape index (κ3) is 4.98. The summed E-state index contributed by atoms with van der Waals surface area (Å²) in [5.41, 5.74) is 2.94. The first-order chi connectivity index (χ1) is 13.6. The number of amides is 1. The summed E-state index contributed by atoms with van der Waals surface area (Å²) < 4.78 is 0.876. The number of rotatable bonds is 9. The molecule has 146 valence electrons. The van der Waals surface area contributed by atoms with Gasteiger partial charge in [0, 0.05) is 24.6 Å². The zero-order valence-corrected chi connectivity index (χ0v) is 18.2. The maximum atomic E-state index is 12.3. The molecule has 0 saturated carbocycles. The Hall–Kier alpha value is -2.23. The number of hydrogen-bond donors (Lipinski definition) is 1. The van der Waals surface area contributed by atoms with E-state index in [0.717, 1.165) is 32.8 Å². The number of thiazole rings is 1. The zero-order valence-electron chi connectivity index (χ0n) is 15.7. The van der Waals surface area contributed by atoms with Crippen LogP contribution in [0.2, 0.25) is 0 Å². The SMILES string of the molecule is C=CCNc1nnc(SCc2csc(N(C(C)=O)c3ccccc3CC)n2)s1. The molecule has 0 spiro atoms. The average molecular weight is 432 g/mol. The van der Waals surface area contributed by atoms with E-state index in [0.29, 0.717) is 17.4 Å². The lowest BCUT2D eigenvalue weighted by molar-refractivity contribution is -0.115. The fraction of sp³-hybridized carbons (Fsp3) is 0.263. The van der Waals surface area contributed by atoms with Crippen molar-refractivity contribution in [1.82, 2.24) is 15.2 Å². The normalized spacial score (nSPS) is 10.6. The second-order valence-corrected chi connectivity index (χ2v) is 8.83. The largest absolute Gasteiger partial charge is 0.357 e. The fourth-order valence-electron chi connectivity index (χ4n) is 2.54. The fourth-order valence-corrected chi connectivity index (χ4v) is 5.17. The standard InChI is InChI=1S/C19H21N5OS3/c1-4-10-20-17-22-23-19(28-17)27-12-15-11-26-18(21-15)24(13(3)25)16-9-7-6-8-14(16)5-2/h4,6-9,11H,1,5,10,12H2,2-3H3,(H,20,22). The maximum absolute atomic E-state index is 12.3. The van der Waals surface area contributed by atoms with Crippen molar-refractivity contribution in [2.75, 3.05) is 16.8 Å². The van der Waals surface area contributed by atoms with Gasteiger partial charge in [0.2, 0.25) is 11.0 Å².